The van der Waals surface area contributed by atoms with Crippen molar-refractivity contribution in [3.05, 3.63) is 46.7 Å². The number of thioether (sulfide) groups is 1. The number of nitrogens with zero attached hydrogens (tertiary/aromatic N) is 1. The molecule has 0 radical (unpaired) electrons. The van der Waals surface area contributed by atoms with Crippen molar-refractivity contribution in [3.63, 3.8) is 0 Å². The van der Waals surface area contributed by atoms with E-state index in [9.17, 15) is 18.4 Å². The topological polar surface area (TPSA) is 70.7 Å². The molecule has 2 N–H and O–H groups in total. The number of halogens is 2. The normalized spacial score (nSPS) is 20.9. The minimum Gasteiger partial charge on any atom is -0.463 e. The van der Waals surface area contributed by atoms with E-state index in [0.29, 0.717) is 12.2 Å². The van der Waals surface area contributed by atoms with Gasteiger partial charge in [0.2, 0.25) is 0 Å². The molecule has 2 amide bonds. The zero-order valence-corrected chi connectivity index (χ0v) is 15.7. The number of urea groups is 1. The molecule has 0 spiro atoms. The highest BCUT2D eigenvalue weighted by Gasteiger charge is 2.34. The highest BCUT2D eigenvalue weighted by atomic mass is 32.2. The van der Waals surface area contributed by atoms with Crippen LogP contribution in [0.25, 0.3) is 0 Å². The smallest absolute Gasteiger partial charge is 0.338 e. The fourth-order valence-corrected chi connectivity index (χ4v) is 4.10. The summed E-state index contributed by atoms with van der Waals surface area (Å²) in [4.78, 5) is 26.9. The summed E-state index contributed by atoms with van der Waals surface area (Å²) in [7, 11) is 0. The molecular weight excluding hydrogens is 376 g/mol. The van der Waals surface area contributed by atoms with E-state index in [2.05, 4.69) is 15.5 Å². The molecule has 146 valence electrons. The van der Waals surface area contributed by atoms with Gasteiger partial charge in [0.05, 0.1) is 18.2 Å². The van der Waals surface area contributed by atoms with Gasteiger partial charge in [-0.15, -0.1) is 0 Å². The van der Waals surface area contributed by atoms with Crippen LogP contribution in [0.5, 0.6) is 0 Å². The number of amides is 2. The average molecular weight is 397 g/mol. The molecule has 0 saturated carbocycles. The van der Waals surface area contributed by atoms with Crippen LogP contribution in [-0.2, 0) is 9.53 Å². The van der Waals surface area contributed by atoms with Gasteiger partial charge >= 0.3 is 12.0 Å². The lowest BCUT2D eigenvalue weighted by Crippen LogP contribution is -2.49. The third-order valence-electron chi connectivity index (χ3n) is 4.41. The quantitative estimate of drug-likeness (QED) is 0.746. The number of hydrogen-bond acceptors (Lipinski definition) is 5. The first-order chi connectivity index (χ1) is 13.0. The lowest BCUT2D eigenvalue weighted by atomic mass is 9.94. The SMILES string of the molecule is CCOC(=O)C1=C(CN2CCSCC2)NC(=O)N[C@H]1c1ccc(F)c(F)c1. The summed E-state index contributed by atoms with van der Waals surface area (Å²) in [6.07, 6.45) is 0. The maximum absolute atomic E-state index is 13.7. The summed E-state index contributed by atoms with van der Waals surface area (Å²) in [6.45, 7) is 3.89. The van der Waals surface area contributed by atoms with Crippen molar-refractivity contribution in [1.82, 2.24) is 15.5 Å². The van der Waals surface area contributed by atoms with Crippen molar-refractivity contribution in [2.24, 2.45) is 0 Å². The molecule has 9 heteroatoms. The number of esters is 1. The zero-order valence-electron chi connectivity index (χ0n) is 14.9. The van der Waals surface area contributed by atoms with Crippen LogP contribution in [0.3, 0.4) is 0 Å². The average Bonchev–Trinajstić information content (AvgIpc) is 2.64. The molecule has 1 aromatic rings. The fraction of sp³-hybridized carbons (Fsp3) is 0.444. The summed E-state index contributed by atoms with van der Waals surface area (Å²) >= 11 is 1.85. The molecule has 1 aromatic carbocycles. The van der Waals surface area contributed by atoms with Gasteiger partial charge in [0.25, 0.3) is 0 Å². The van der Waals surface area contributed by atoms with Crippen molar-refractivity contribution in [2.45, 2.75) is 13.0 Å². The van der Waals surface area contributed by atoms with Gasteiger partial charge in [-0.1, -0.05) is 6.07 Å². The second kappa shape index (κ2) is 8.71. The molecule has 0 aromatic heterocycles. The highest BCUT2D eigenvalue weighted by molar-refractivity contribution is 7.99. The molecule has 1 saturated heterocycles. The molecule has 27 heavy (non-hydrogen) atoms. The van der Waals surface area contributed by atoms with E-state index in [-0.39, 0.29) is 17.7 Å². The Morgan fingerprint density at radius 1 is 1.30 bits per heavy atom. The number of nitrogens with one attached hydrogen (secondary N) is 2. The first-order valence-corrected chi connectivity index (χ1v) is 9.87. The molecule has 2 aliphatic heterocycles. The predicted octanol–water partition coefficient (Wildman–Crippen LogP) is 2.18. The van der Waals surface area contributed by atoms with E-state index in [0.717, 1.165) is 36.7 Å². The van der Waals surface area contributed by atoms with Crippen LogP contribution in [0.1, 0.15) is 18.5 Å². The van der Waals surface area contributed by atoms with E-state index in [1.54, 1.807) is 6.92 Å². The molecule has 0 unspecified atom stereocenters. The number of carbonyl (C=O) groups excluding carboxylic acids is 2. The first-order valence-electron chi connectivity index (χ1n) is 8.72. The monoisotopic (exact) mass is 397 g/mol. The van der Waals surface area contributed by atoms with Gasteiger partial charge in [0.1, 0.15) is 0 Å². The van der Waals surface area contributed by atoms with Crippen LogP contribution >= 0.6 is 11.8 Å². The Morgan fingerprint density at radius 2 is 2.04 bits per heavy atom. The maximum atomic E-state index is 13.7. The van der Waals surface area contributed by atoms with E-state index in [1.807, 2.05) is 11.8 Å². The largest absolute Gasteiger partial charge is 0.463 e. The van der Waals surface area contributed by atoms with Crippen LogP contribution in [0.2, 0.25) is 0 Å². The summed E-state index contributed by atoms with van der Waals surface area (Å²) in [5, 5.41) is 5.31. The molecule has 3 rings (SSSR count). The highest BCUT2D eigenvalue weighted by Crippen LogP contribution is 2.29. The van der Waals surface area contributed by atoms with E-state index < -0.39 is 29.7 Å². The van der Waals surface area contributed by atoms with E-state index >= 15 is 0 Å². The van der Waals surface area contributed by atoms with Crippen LogP contribution in [0.4, 0.5) is 13.6 Å². The van der Waals surface area contributed by atoms with Gasteiger partial charge in [0.15, 0.2) is 11.6 Å². The van der Waals surface area contributed by atoms with Crippen LogP contribution in [-0.4, -0.2) is 54.6 Å². The second-order valence-corrected chi connectivity index (χ2v) is 7.43. The Kier molecular flexibility index (Phi) is 6.33. The molecule has 1 atom stereocenters. The summed E-state index contributed by atoms with van der Waals surface area (Å²) in [5.41, 5.74) is 0.915. The van der Waals surface area contributed by atoms with Crippen molar-refractivity contribution < 1.29 is 23.1 Å². The number of benzene rings is 1. The third kappa shape index (κ3) is 4.59. The lowest BCUT2D eigenvalue weighted by molar-refractivity contribution is -0.139. The van der Waals surface area contributed by atoms with Gasteiger partial charge < -0.3 is 15.4 Å². The first kappa shape index (κ1) is 19.6. The number of hydrogen-bond donors (Lipinski definition) is 2. The molecule has 0 bridgehead atoms. The Balaban J connectivity index is 2.00. The van der Waals surface area contributed by atoms with Gasteiger partial charge in [-0.25, -0.2) is 18.4 Å². The minimum absolute atomic E-state index is 0.161. The van der Waals surface area contributed by atoms with Gasteiger partial charge in [0, 0.05) is 36.8 Å². The molecule has 0 aliphatic carbocycles. The predicted molar refractivity (Wildman–Crippen MR) is 98.2 cm³/mol. The zero-order chi connectivity index (χ0) is 19.4. The Morgan fingerprint density at radius 3 is 2.70 bits per heavy atom. The second-order valence-electron chi connectivity index (χ2n) is 6.21. The summed E-state index contributed by atoms with van der Waals surface area (Å²) < 4.78 is 32.2. The van der Waals surface area contributed by atoms with Crippen molar-refractivity contribution in [3.8, 4) is 0 Å². The van der Waals surface area contributed by atoms with E-state index in [1.165, 1.54) is 6.07 Å². The van der Waals surface area contributed by atoms with Gasteiger partial charge in [-0.3, -0.25) is 4.90 Å². The van der Waals surface area contributed by atoms with Crippen LogP contribution in [0, 0.1) is 11.6 Å². The Bertz CT molecular complexity index is 766. The standard InChI is InChI=1S/C18H21F2N3O3S/c1-2-26-17(24)15-14(10-23-5-7-27-8-6-23)21-18(25)22-16(15)11-3-4-12(19)13(20)9-11/h3-4,9,16H,2,5-8,10H2,1H3,(H2,21,22,25)/t16-/m0/s1. The molecular formula is C18H21F2N3O3S. The van der Waals surface area contributed by atoms with Crippen molar-refractivity contribution in [1.29, 1.82) is 0 Å². The molecule has 2 heterocycles. The number of carbonyl (C=O) groups is 2. The van der Waals surface area contributed by atoms with Crippen molar-refractivity contribution in [2.75, 3.05) is 37.7 Å². The Hall–Kier alpha value is -2.13. The van der Waals surface area contributed by atoms with Crippen LogP contribution < -0.4 is 10.6 Å². The van der Waals surface area contributed by atoms with Crippen LogP contribution in [0.15, 0.2) is 29.5 Å². The Labute approximate surface area is 160 Å². The van der Waals surface area contributed by atoms with Gasteiger partial charge in [-0.2, -0.15) is 11.8 Å². The molecule has 6 nitrogen and oxygen atoms in total. The molecule has 1 fully saturated rings. The number of rotatable bonds is 5. The maximum Gasteiger partial charge on any atom is 0.338 e. The minimum atomic E-state index is -1.04. The van der Waals surface area contributed by atoms with E-state index in [4.69, 9.17) is 4.74 Å². The summed E-state index contributed by atoms with van der Waals surface area (Å²) in [5.74, 6) is -0.687. The molecule has 2 aliphatic rings. The lowest BCUT2D eigenvalue weighted by Gasteiger charge is -2.33. The fourth-order valence-electron chi connectivity index (χ4n) is 3.12. The number of ether oxygens (including phenoxy) is 1. The van der Waals surface area contributed by atoms with Gasteiger partial charge in [-0.05, 0) is 24.6 Å². The summed E-state index contributed by atoms with van der Waals surface area (Å²) in [6, 6.07) is 1.90. The van der Waals surface area contributed by atoms with Crippen molar-refractivity contribution >= 4 is 23.8 Å². The third-order valence-corrected chi connectivity index (χ3v) is 5.35.